The maximum Gasteiger partial charge on any atom is 0.252 e. The third-order valence-corrected chi connectivity index (χ3v) is 7.78. The van der Waals surface area contributed by atoms with Crippen LogP contribution in [-0.2, 0) is 9.59 Å². The van der Waals surface area contributed by atoms with Gasteiger partial charge in [-0.2, -0.15) is 10.2 Å². The fourth-order valence-electron chi connectivity index (χ4n) is 3.64. The molecule has 0 spiro atoms. The Labute approximate surface area is 266 Å². The van der Waals surface area contributed by atoms with Crippen molar-refractivity contribution in [3.05, 3.63) is 59.7 Å². The summed E-state index contributed by atoms with van der Waals surface area (Å²) in [5, 5.41) is 7.09. The average molecular weight is 663 g/mol. The zero-order valence-corrected chi connectivity index (χ0v) is 27.0. The summed E-state index contributed by atoms with van der Waals surface area (Å²) >= 11 is 24.7. The number of thioether (sulfide) groups is 1. The molecule has 0 heterocycles. The first-order valence-corrected chi connectivity index (χ1v) is 16.2. The molecule has 2 N–H and O–H groups in total. The minimum Gasteiger partial charge on any atom is -0.369 e. The minimum atomic E-state index is -0.504. The highest BCUT2D eigenvalue weighted by Crippen LogP contribution is 2.19. The number of carbonyl (C=O) groups is 2. The topological polar surface area (TPSA) is 89.4 Å². The fraction of sp³-hybridized carbons (Fsp3) is 0.429. The van der Waals surface area contributed by atoms with Gasteiger partial charge in [-0.15, -0.1) is 58.2 Å². The Morgan fingerprint density at radius 2 is 1.00 bits per heavy atom. The van der Waals surface area contributed by atoms with Gasteiger partial charge in [0.25, 0.3) is 11.8 Å². The molecule has 0 aliphatic heterocycles. The number of anilines is 2. The molecular formula is C28H36Cl4N6O2S. The van der Waals surface area contributed by atoms with E-state index in [-0.39, 0.29) is 11.8 Å². The molecule has 2 aromatic rings. The highest BCUT2D eigenvalue weighted by atomic mass is 35.5. The lowest BCUT2D eigenvalue weighted by atomic mass is 10.2. The Balaban J connectivity index is 1.80. The molecule has 8 nitrogen and oxygen atoms in total. The fourth-order valence-corrected chi connectivity index (χ4v) is 5.42. The Bertz CT molecular complexity index is 1020. The third kappa shape index (κ3) is 12.7. The van der Waals surface area contributed by atoms with Crippen LogP contribution < -0.4 is 20.7 Å². The maximum atomic E-state index is 12.5. The first kappa shape index (κ1) is 35.0. The van der Waals surface area contributed by atoms with Gasteiger partial charge in [0, 0.05) is 61.1 Å². The van der Waals surface area contributed by atoms with Gasteiger partial charge in [0.1, 0.15) is 0 Å². The molecule has 0 aliphatic rings. The number of alkyl halides is 4. The monoisotopic (exact) mass is 660 g/mol. The zero-order valence-electron chi connectivity index (χ0n) is 23.1. The van der Waals surface area contributed by atoms with E-state index in [4.69, 9.17) is 46.4 Å². The molecule has 2 atom stereocenters. The second-order valence-electron chi connectivity index (χ2n) is 8.80. The van der Waals surface area contributed by atoms with Crippen molar-refractivity contribution in [2.75, 3.05) is 59.5 Å². The lowest BCUT2D eigenvalue weighted by molar-refractivity contribution is -0.120. The number of hydrazone groups is 2. The van der Waals surface area contributed by atoms with Gasteiger partial charge in [-0.3, -0.25) is 9.59 Å². The van der Waals surface area contributed by atoms with Crippen molar-refractivity contribution in [3.8, 4) is 0 Å². The van der Waals surface area contributed by atoms with E-state index in [1.807, 2.05) is 48.5 Å². The van der Waals surface area contributed by atoms with Crippen LogP contribution in [0.2, 0.25) is 0 Å². The van der Waals surface area contributed by atoms with Crippen LogP contribution in [-0.4, -0.2) is 84.4 Å². The van der Waals surface area contributed by atoms with Crippen molar-refractivity contribution in [3.63, 3.8) is 0 Å². The summed E-state index contributed by atoms with van der Waals surface area (Å²) in [5.74, 6) is 1.42. The van der Waals surface area contributed by atoms with E-state index >= 15 is 0 Å². The van der Waals surface area contributed by atoms with Crippen LogP contribution >= 0.6 is 58.2 Å². The second-order valence-corrected chi connectivity index (χ2v) is 12.0. The van der Waals surface area contributed by atoms with Gasteiger partial charge in [0.05, 0.1) is 22.9 Å². The quantitative estimate of drug-likeness (QED) is 0.128. The minimum absolute atomic E-state index is 0.307. The van der Waals surface area contributed by atoms with E-state index in [2.05, 4.69) is 30.9 Å². The highest BCUT2D eigenvalue weighted by Gasteiger charge is 2.21. The van der Waals surface area contributed by atoms with Crippen LogP contribution in [0.25, 0.3) is 0 Å². The van der Waals surface area contributed by atoms with Crippen molar-refractivity contribution < 1.29 is 9.59 Å². The largest absolute Gasteiger partial charge is 0.369 e. The molecule has 0 radical (unpaired) electrons. The normalized spacial score (nSPS) is 12.8. The summed E-state index contributed by atoms with van der Waals surface area (Å²) < 4.78 is 0. The van der Waals surface area contributed by atoms with Crippen LogP contribution in [0.5, 0.6) is 0 Å². The van der Waals surface area contributed by atoms with Gasteiger partial charge in [-0.25, -0.2) is 10.9 Å². The summed E-state index contributed by atoms with van der Waals surface area (Å²) in [7, 11) is 0. The molecule has 2 aromatic carbocycles. The molecule has 13 heteroatoms. The van der Waals surface area contributed by atoms with E-state index in [1.54, 1.807) is 26.3 Å². The van der Waals surface area contributed by atoms with E-state index in [0.29, 0.717) is 49.7 Å². The van der Waals surface area contributed by atoms with Gasteiger partial charge in [0.15, 0.2) is 0 Å². The van der Waals surface area contributed by atoms with Gasteiger partial charge < -0.3 is 9.80 Å². The summed E-state index contributed by atoms with van der Waals surface area (Å²) in [6, 6.07) is 15.4. The summed E-state index contributed by atoms with van der Waals surface area (Å²) in [4.78, 5) is 29.2. The predicted molar refractivity (Wildman–Crippen MR) is 178 cm³/mol. The van der Waals surface area contributed by atoms with Crippen molar-refractivity contribution in [1.82, 2.24) is 10.9 Å². The number of carbonyl (C=O) groups excluding carboxylic acids is 2. The molecule has 224 valence electrons. The molecule has 0 saturated heterocycles. The van der Waals surface area contributed by atoms with E-state index in [0.717, 1.165) is 22.5 Å². The second kappa shape index (κ2) is 19.9. The molecule has 2 amide bonds. The van der Waals surface area contributed by atoms with Crippen molar-refractivity contribution in [1.29, 1.82) is 0 Å². The summed E-state index contributed by atoms with van der Waals surface area (Å²) in [6.07, 6.45) is 3.13. The van der Waals surface area contributed by atoms with Crippen LogP contribution in [0.4, 0.5) is 11.4 Å². The molecule has 0 unspecified atom stereocenters. The number of amides is 2. The predicted octanol–water partition coefficient (Wildman–Crippen LogP) is 5.37. The third-order valence-electron chi connectivity index (χ3n) is 5.86. The molecule has 0 aliphatic carbocycles. The average Bonchev–Trinajstić information content (AvgIpc) is 2.97. The Hall–Kier alpha value is -2.17. The molecule has 0 bridgehead atoms. The Morgan fingerprint density at radius 3 is 1.29 bits per heavy atom. The van der Waals surface area contributed by atoms with E-state index in [1.165, 1.54) is 11.8 Å². The van der Waals surface area contributed by atoms with Crippen molar-refractivity contribution in [2.24, 2.45) is 10.2 Å². The molecule has 0 aromatic heterocycles. The molecular weight excluding hydrogens is 626 g/mol. The van der Waals surface area contributed by atoms with Crippen LogP contribution in [0.15, 0.2) is 58.7 Å². The van der Waals surface area contributed by atoms with Crippen molar-refractivity contribution in [2.45, 2.75) is 24.3 Å². The van der Waals surface area contributed by atoms with E-state index < -0.39 is 10.5 Å². The van der Waals surface area contributed by atoms with E-state index in [9.17, 15) is 9.59 Å². The molecule has 2 rings (SSSR count). The first-order valence-electron chi connectivity index (χ1n) is 13.1. The Kier molecular flexibility index (Phi) is 17.0. The smallest absolute Gasteiger partial charge is 0.252 e. The number of halogens is 4. The number of rotatable bonds is 18. The summed E-state index contributed by atoms with van der Waals surface area (Å²) in [6.45, 7) is 6.25. The van der Waals surface area contributed by atoms with Gasteiger partial charge >= 0.3 is 0 Å². The van der Waals surface area contributed by atoms with Crippen LogP contribution in [0.1, 0.15) is 25.0 Å². The molecule has 0 fully saturated rings. The Morgan fingerprint density at radius 1 is 0.683 bits per heavy atom. The summed E-state index contributed by atoms with van der Waals surface area (Å²) in [5.41, 5.74) is 8.74. The van der Waals surface area contributed by atoms with Crippen LogP contribution in [0.3, 0.4) is 0 Å². The standard InChI is InChI=1S/C28H36Cl4N6O2S/c1-21(27(39)35-33-19-23-3-7-25(8-4-23)37(15-11-29)16-12-30)41-22(2)28(40)36-34-20-24-5-9-26(10-6-24)38(17-13-31)18-14-32/h3-10,19-22H,11-18H2,1-2H3,(H,35,39)(H,36,40)/b33-19-,34-20+/t21-,22-/m0/s1. The number of hydrogen-bond acceptors (Lipinski definition) is 7. The zero-order chi connectivity index (χ0) is 30.0. The highest BCUT2D eigenvalue weighted by molar-refractivity contribution is 8.01. The molecule has 41 heavy (non-hydrogen) atoms. The number of hydrogen-bond donors (Lipinski definition) is 2. The number of nitrogens with one attached hydrogen (secondary N) is 2. The van der Waals surface area contributed by atoms with Gasteiger partial charge in [0.2, 0.25) is 0 Å². The van der Waals surface area contributed by atoms with Gasteiger partial charge in [-0.1, -0.05) is 24.3 Å². The number of benzene rings is 2. The lowest BCUT2D eigenvalue weighted by Crippen LogP contribution is -2.33. The first-order chi connectivity index (χ1) is 19.8. The van der Waals surface area contributed by atoms with Crippen LogP contribution in [0, 0.1) is 0 Å². The number of nitrogens with zero attached hydrogens (tertiary/aromatic N) is 4. The van der Waals surface area contributed by atoms with Crippen molar-refractivity contribution >= 4 is 93.8 Å². The molecule has 0 saturated carbocycles. The lowest BCUT2D eigenvalue weighted by Gasteiger charge is -2.22. The maximum absolute atomic E-state index is 12.5. The SMILES string of the molecule is C[C@H](S[C@@H](C)C(=O)N/N=C/c1ccc(N(CCCl)CCCl)cc1)C(=O)N/N=C\c1ccc(N(CCCl)CCCl)cc1. The van der Waals surface area contributed by atoms with Gasteiger partial charge in [-0.05, 0) is 49.2 Å².